The molecule has 5 rings (SSSR count). The molecular formula is C26H22FN3O. The second-order valence-corrected chi connectivity index (χ2v) is 7.98. The number of hydrogen-bond donors (Lipinski definition) is 2. The number of nitrogens with one attached hydrogen (secondary N) is 1. The molecule has 4 aromatic rings. The minimum atomic E-state index is -0.308. The van der Waals surface area contributed by atoms with Crippen LogP contribution in [0.4, 0.5) is 10.1 Å². The first-order chi connectivity index (χ1) is 15.1. The second-order valence-electron chi connectivity index (χ2n) is 7.98. The molecule has 3 N–H and O–H groups in total. The highest BCUT2D eigenvalue weighted by Crippen LogP contribution is 2.42. The van der Waals surface area contributed by atoms with E-state index in [2.05, 4.69) is 5.32 Å². The molecule has 0 radical (unpaired) electrons. The molecule has 0 bridgehead atoms. The maximum atomic E-state index is 13.8. The van der Waals surface area contributed by atoms with Crippen LogP contribution in [0.3, 0.4) is 0 Å². The second kappa shape index (κ2) is 7.84. The van der Waals surface area contributed by atoms with Crippen LogP contribution in [0, 0.1) is 11.7 Å². The van der Waals surface area contributed by atoms with Gasteiger partial charge in [-0.1, -0.05) is 60.7 Å². The molecule has 0 aliphatic heterocycles. The fourth-order valence-electron chi connectivity index (χ4n) is 4.10. The molecule has 5 heteroatoms. The van der Waals surface area contributed by atoms with Gasteiger partial charge in [-0.2, -0.15) is 0 Å². The average Bonchev–Trinajstić information content (AvgIpc) is 3.63. The van der Waals surface area contributed by atoms with Crippen LogP contribution in [0.2, 0.25) is 0 Å². The van der Waals surface area contributed by atoms with Crippen molar-refractivity contribution in [1.29, 1.82) is 0 Å². The maximum absolute atomic E-state index is 13.8. The standard InChI is InChI=1S/C26H22FN3O/c27-19-10-6-9-18(15-19)24(17-13-14-17)30-26(31)22-20-11-4-5-12-21(20)29-25(23(22)28)16-7-2-1-3-8-16/h1-12,15,17,24H,13-14,28H2,(H,30,31)/t24-/m0/s1. The van der Waals surface area contributed by atoms with Gasteiger partial charge in [-0.05, 0) is 42.5 Å². The summed E-state index contributed by atoms with van der Waals surface area (Å²) >= 11 is 0. The number of rotatable bonds is 5. The Hall–Kier alpha value is -3.73. The number of carbonyl (C=O) groups excluding carboxylic acids is 1. The highest BCUT2D eigenvalue weighted by atomic mass is 19.1. The van der Waals surface area contributed by atoms with Gasteiger partial charge in [-0.15, -0.1) is 0 Å². The van der Waals surface area contributed by atoms with Crippen molar-refractivity contribution in [2.75, 3.05) is 5.73 Å². The Morgan fingerprint density at radius 1 is 1.00 bits per heavy atom. The van der Waals surface area contributed by atoms with Crippen molar-refractivity contribution in [2.45, 2.75) is 18.9 Å². The van der Waals surface area contributed by atoms with E-state index in [1.807, 2.05) is 60.7 Å². The number of carbonyl (C=O) groups is 1. The van der Waals surface area contributed by atoms with Crippen molar-refractivity contribution in [2.24, 2.45) is 5.92 Å². The molecule has 154 valence electrons. The topological polar surface area (TPSA) is 68.0 Å². The molecule has 4 nitrogen and oxygen atoms in total. The number of anilines is 1. The van der Waals surface area contributed by atoms with Gasteiger partial charge >= 0.3 is 0 Å². The quantitative estimate of drug-likeness (QED) is 0.455. The van der Waals surface area contributed by atoms with Crippen LogP contribution in [-0.4, -0.2) is 10.9 Å². The molecule has 1 saturated carbocycles. The van der Waals surface area contributed by atoms with E-state index in [-0.39, 0.29) is 17.8 Å². The number of aromatic nitrogens is 1. The van der Waals surface area contributed by atoms with Gasteiger partial charge < -0.3 is 11.1 Å². The number of fused-ring (bicyclic) bond motifs is 1. The summed E-state index contributed by atoms with van der Waals surface area (Å²) in [6.45, 7) is 0. The van der Waals surface area contributed by atoms with Crippen molar-refractivity contribution in [3.05, 3.63) is 95.8 Å². The highest BCUT2D eigenvalue weighted by Gasteiger charge is 2.34. The van der Waals surface area contributed by atoms with Gasteiger partial charge in [0.1, 0.15) is 5.82 Å². The molecule has 1 aliphatic carbocycles. The van der Waals surface area contributed by atoms with Crippen LogP contribution in [0.1, 0.15) is 34.8 Å². The first kappa shape index (κ1) is 19.2. The fourth-order valence-corrected chi connectivity index (χ4v) is 4.10. The van der Waals surface area contributed by atoms with E-state index in [0.717, 1.165) is 24.0 Å². The third-order valence-corrected chi connectivity index (χ3v) is 5.79. The predicted octanol–water partition coefficient (Wildman–Crippen LogP) is 5.50. The van der Waals surface area contributed by atoms with Gasteiger partial charge in [0, 0.05) is 10.9 Å². The molecule has 1 amide bonds. The van der Waals surface area contributed by atoms with Gasteiger partial charge in [0.15, 0.2) is 0 Å². The van der Waals surface area contributed by atoms with E-state index in [4.69, 9.17) is 10.7 Å². The lowest BCUT2D eigenvalue weighted by Crippen LogP contribution is -2.31. The van der Waals surface area contributed by atoms with E-state index in [0.29, 0.717) is 33.8 Å². The molecule has 1 heterocycles. The van der Waals surface area contributed by atoms with E-state index < -0.39 is 0 Å². The van der Waals surface area contributed by atoms with Crippen molar-refractivity contribution in [1.82, 2.24) is 10.3 Å². The van der Waals surface area contributed by atoms with Crippen LogP contribution in [0.15, 0.2) is 78.9 Å². The molecule has 1 aliphatic rings. The van der Waals surface area contributed by atoms with Gasteiger partial charge in [0.25, 0.3) is 5.91 Å². The number of pyridine rings is 1. The van der Waals surface area contributed by atoms with Crippen molar-refractivity contribution in [3.63, 3.8) is 0 Å². The molecule has 1 atom stereocenters. The lowest BCUT2D eigenvalue weighted by atomic mass is 9.98. The number of benzene rings is 3. The van der Waals surface area contributed by atoms with Gasteiger partial charge in [0.05, 0.1) is 28.5 Å². The number of amides is 1. The Morgan fingerprint density at radius 2 is 1.74 bits per heavy atom. The Morgan fingerprint density at radius 3 is 2.48 bits per heavy atom. The molecule has 1 fully saturated rings. The summed E-state index contributed by atoms with van der Waals surface area (Å²) in [6, 6.07) is 23.3. The Kier molecular flexibility index (Phi) is 4.86. The number of nitrogen functional groups attached to an aromatic ring is 1. The van der Waals surface area contributed by atoms with Crippen LogP contribution in [0.5, 0.6) is 0 Å². The summed E-state index contributed by atoms with van der Waals surface area (Å²) in [5.74, 6) is -0.277. The summed E-state index contributed by atoms with van der Waals surface area (Å²) in [5, 5.41) is 3.84. The molecule has 0 unspecified atom stereocenters. The van der Waals surface area contributed by atoms with Gasteiger partial charge in [0.2, 0.25) is 0 Å². The van der Waals surface area contributed by atoms with Crippen molar-refractivity contribution < 1.29 is 9.18 Å². The van der Waals surface area contributed by atoms with E-state index >= 15 is 0 Å². The number of para-hydroxylation sites is 1. The molecular weight excluding hydrogens is 389 g/mol. The molecule has 0 saturated heterocycles. The van der Waals surface area contributed by atoms with Gasteiger partial charge in [-0.25, -0.2) is 9.37 Å². The molecule has 0 spiro atoms. The first-order valence-corrected chi connectivity index (χ1v) is 10.4. The van der Waals surface area contributed by atoms with Crippen molar-refractivity contribution >= 4 is 22.5 Å². The lowest BCUT2D eigenvalue weighted by molar-refractivity contribution is 0.0934. The maximum Gasteiger partial charge on any atom is 0.254 e. The van der Waals surface area contributed by atoms with Gasteiger partial charge in [-0.3, -0.25) is 4.79 Å². The third kappa shape index (κ3) is 3.75. The first-order valence-electron chi connectivity index (χ1n) is 10.4. The minimum absolute atomic E-state index is 0.255. The lowest BCUT2D eigenvalue weighted by Gasteiger charge is -2.21. The Bertz CT molecular complexity index is 1270. The van der Waals surface area contributed by atoms with Crippen LogP contribution >= 0.6 is 0 Å². The van der Waals surface area contributed by atoms with E-state index in [1.54, 1.807) is 6.07 Å². The average molecular weight is 411 g/mol. The fraction of sp³-hybridized carbons (Fsp3) is 0.154. The zero-order valence-corrected chi connectivity index (χ0v) is 16.9. The number of halogens is 1. The SMILES string of the molecule is Nc1c(-c2ccccc2)nc2ccccc2c1C(=O)N[C@H](c1cccc(F)c1)C1CC1. The van der Waals surface area contributed by atoms with Crippen LogP contribution < -0.4 is 11.1 Å². The summed E-state index contributed by atoms with van der Waals surface area (Å²) < 4.78 is 13.8. The summed E-state index contributed by atoms with van der Waals surface area (Å²) in [6.07, 6.45) is 2.01. The smallest absolute Gasteiger partial charge is 0.254 e. The Balaban J connectivity index is 1.60. The molecule has 31 heavy (non-hydrogen) atoms. The van der Waals surface area contributed by atoms with Crippen molar-refractivity contribution in [3.8, 4) is 11.3 Å². The third-order valence-electron chi connectivity index (χ3n) is 5.79. The van der Waals surface area contributed by atoms with E-state index in [1.165, 1.54) is 12.1 Å². The zero-order chi connectivity index (χ0) is 21.4. The predicted molar refractivity (Wildman–Crippen MR) is 121 cm³/mol. The largest absolute Gasteiger partial charge is 0.396 e. The van der Waals surface area contributed by atoms with E-state index in [9.17, 15) is 9.18 Å². The molecule has 1 aromatic heterocycles. The number of nitrogens with two attached hydrogens (primary N) is 1. The van der Waals surface area contributed by atoms with Crippen LogP contribution in [0.25, 0.3) is 22.2 Å². The zero-order valence-electron chi connectivity index (χ0n) is 16.9. The minimum Gasteiger partial charge on any atom is -0.396 e. The number of nitrogens with zero attached hydrogens (tertiary/aromatic N) is 1. The Labute approximate surface area is 179 Å². The summed E-state index contributed by atoms with van der Waals surface area (Å²) in [7, 11) is 0. The highest BCUT2D eigenvalue weighted by molar-refractivity contribution is 6.12. The molecule has 3 aromatic carbocycles. The normalized spacial score (nSPS) is 14.4. The summed E-state index contributed by atoms with van der Waals surface area (Å²) in [5.41, 5.74) is 10.2. The number of hydrogen-bond acceptors (Lipinski definition) is 3. The van der Waals surface area contributed by atoms with Crippen LogP contribution in [-0.2, 0) is 0 Å². The summed E-state index contributed by atoms with van der Waals surface area (Å²) in [4.78, 5) is 18.3. The monoisotopic (exact) mass is 411 g/mol.